The third-order valence-electron chi connectivity index (χ3n) is 5.00. The lowest BCUT2D eigenvalue weighted by Gasteiger charge is -2.17. The summed E-state index contributed by atoms with van der Waals surface area (Å²) < 4.78 is 28.5. The van der Waals surface area contributed by atoms with E-state index < -0.39 is 16.3 Å². The molecular formula is C25H21BrN2O4S. The molecule has 4 N–H and O–H groups in total. The van der Waals surface area contributed by atoms with E-state index in [4.69, 9.17) is 0 Å². The van der Waals surface area contributed by atoms with Gasteiger partial charge in [0.15, 0.2) is 6.23 Å². The van der Waals surface area contributed by atoms with Gasteiger partial charge in [0.1, 0.15) is 5.75 Å². The van der Waals surface area contributed by atoms with Crippen molar-refractivity contribution in [1.82, 2.24) is 0 Å². The Kier molecular flexibility index (Phi) is 6.69. The zero-order valence-electron chi connectivity index (χ0n) is 17.3. The van der Waals surface area contributed by atoms with E-state index in [9.17, 15) is 18.6 Å². The van der Waals surface area contributed by atoms with E-state index in [1.165, 1.54) is 24.3 Å². The number of phenols is 1. The minimum absolute atomic E-state index is 0.00505. The summed E-state index contributed by atoms with van der Waals surface area (Å²) in [7, 11) is -3.90. The van der Waals surface area contributed by atoms with Gasteiger partial charge in [-0.25, -0.2) is 8.42 Å². The Labute approximate surface area is 200 Å². The molecule has 6 nitrogen and oxygen atoms in total. The van der Waals surface area contributed by atoms with Crippen molar-refractivity contribution in [2.45, 2.75) is 11.1 Å². The van der Waals surface area contributed by atoms with Crippen LogP contribution in [0.15, 0.2) is 106 Å². The summed E-state index contributed by atoms with van der Waals surface area (Å²) in [6, 6.07) is 27.9. The van der Waals surface area contributed by atoms with Crippen LogP contribution in [0.1, 0.15) is 11.8 Å². The van der Waals surface area contributed by atoms with Crippen LogP contribution in [0.3, 0.4) is 0 Å². The van der Waals surface area contributed by atoms with Gasteiger partial charge in [0.05, 0.1) is 10.6 Å². The van der Waals surface area contributed by atoms with Crippen molar-refractivity contribution in [1.29, 1.82) is 0 Å². The maximum absolute atomic E-state index is 12.7. The van der Waals surface area contributed by atoms with Gasteiger partial charge in [-0.15, -0.1) is 0 Å². The normalized spacial score (nSPS) is 12.2. The fourth-order valence-corrected chi connectivity index (χ4v) is 4.58. The van der Waals surface area contributed by atoms with E-state index in [2.05, 4.69) is 26.0 Å². The number of benzene rings is 4. The summed E-state index contributed by atoms with van der Waals surface area (Å²) in [5.74, 6) is -0.233. The molecular weight excluding hydrogens is 504 g/mol. The van der Waals surface area contributed by atoms with E-state index in [0.29, 0.717) is 11.3 Å². The Bertz CT molecular complexity index is 1340. The van der Waals surface area contributed by atoms with Crippen LogP contribution >= 0.6 is 15.9 Å². The standard InChI is InChI=1S/C25H21BrN2O4S/c26-20-10-13-22(14-11-20)33(31,32)28-23-16-21(12-15-24(23)29)27-25(30)19-8-6-18(7-9-19)17-4-2-1-3-5-17/h1-16,25,27-30H. The van der Waals surface area contributed by atoms with Gasteiger partial charge in [-0.05, 0) is 53.6 Å². The Morgan fingerprint density at radius 1 is 0.788 bits per heavy atom. The van der Waals surface area contributed by atoms with Gasteiger partial charge >= 0.3 is 0 Å². The molecule has 0 heterocycles. The van der Waals surface area contributed by atoms with Crippen LogP contribution in [0.25, 0.3) is 11.1 Å². The number of hydrogen-bond donors (Lipinski definition) is 4. The van der Waals surface area contributed by atoms with Crippen molar-refractivity contribution in [3.8, 4) is 16.9 Å². The highest BCUT2D eigenvalue weighted by Gasteiger charge is 2.17. The summed E-state index contributed by atoms with van der Waals surface area (Å²) in [5.41, 5.74) is 3.17. The number of aromatic hydroxyl groups is 1. The van der Waals surface area contributed by atoms with Crippen LogP contribution in [0.2, 0.25) is 0 Å². The number of sulfonamides is 1. The molecule has 0 radical (unpaired) electrons. The molecule has 4 rings (SSSR count). The molecule has 1 unspecified atom stereocenters. The van der Waals surface area contributed by atoms with Crippen molar-refractivity contribution >= 4 is 37.3 Å². The third-order valence-corrected chi connectivity index (χ3v) is 6.91. The average Bonchev–Trinajstić information content (AvgIpc) is 2.82. The fraction of sp³-hybridized carbons (Fsp3) is 0.0400. The van der Waals surface area contributed by atoms with Crippen LogP contribution < -0.4 is 10.0 Å². The van der Waals surface area contributed by atoms with Gasteiger partial charge in [-0.2, -0.15) is 0 Å². The molecule has 0 saturated heterocycles. The zero-order valence-corrected chi connectivity index (χ0v) is 19.7. The highest BCUT2D eigenvalue weighted by molar-refractivity contribution is 9.10. The van der Waals surface area contributed by atoms with Gasteiger partial charge in [-0.3, -0.25) is 4.72 Å². The lowest BCUT2D eigenvalue weighted by atomic mass is 10.0. The highest BCUT2D eigenvalue weighted by Crippen LogP contribution is 2.31. The van der Waals surface area contributed by atoms with Gasteiger partial charge in [-0.1, -0.05) is 70.5 Å². The molecule has 0 spiro atoms. The van der Waals surface area contributed by atoms with Crippen molar-refractivity contribution in [2.75, 3.05) is 10.0 Å². The molecule has 0 aromatic heterocycles. The van der Waals surface area contributed by atoms with E-state index in [1.54, 1.807) is 18.2 Å². The summed E-state index contributed by atoms with van der Waals surface area (Å²) in [6.45, 7) is 0. The van der Waals surface area contributed by atoms with Crippen LogP contribution in [0, 0.1) is 0 Å². The summed E-state index contributed by atoms with van der Waals surface area (Å²) in [4.78, 5) is 0.0574. The smallest absolute Gasteiger partial charge is 0.262 e. The van der Waals surface area contributed by atoms with E-state index in [-0.39, 0.29) is 16.3 Å². The second kappa shape index (κ2) is 9.66. The van der Waals surface area contributed by atoms with Crippen molar-refractivity contribution in [3.63, 3.8) is 0 Å². The summed E-state index contributed by atoms with van der Waals surface area (Å²) in [6.07, 6.45) is -1.03. The van der Waals surface area contributed by atoms with Crippen molar-refractivity contribution in [2.24, 2.45) is 0 Å². The van der Waals surface area contributed by atoms with Gasteiger partial charge in [0, 0.05) is 15.7 Å². The first-order valence-electron chi connectivity index (χ1n) is 10.0. The van der Waals surface area contributed by atoms with Crippen LogP contribution in [-0.2, 0) is 10.0 Å². The van der Waals surface area contributed by atoms with Crippen molar-refractivity contribution in [3.05, 3.63) is 107 Å². The molecule has 0 fully saturated rings. The molecule has 0 bridgehead atoms. The molecule has 0 aliphatic carbocycles. The second-order valence-electron chi connectivity index (χ2n) is 7.33. The topological polar surface area (TPSA) is 98.7 Å². The number of hydrogen-bond acceptors (Lipinski definition) is 5. The minimum atomic E-state index is -3.90. The molecule has 168 valence electrons. The highest BCUT2D eigenvalue weighted by atomic mass is 79.9. The molecule has 0 saturated carbocycles. The zero-order chi connectivity index (χ0) is 23.4. The maximum Gasteiger partial charge on any atom is 0.262 e. The van der Waals surface area contributed by atoms with Crippen LogP contribution in [-0.4, -0.2) is 18.6 Å². The van der Waals surface area contributed by atoms with E-state index >= 15 is 0 Å². The first-order valence-corrected chi connectivity index (χ1v) is 12.3. The number of anilines is 2. The molecule has 0 amide bonds. The van der Waals surface area contributed by atoms with Crippen molar-refractivity contribution < 1.29 is 18.6 Å². The average molecular weight is 525 g/mol. The first kappa shape index (κ1) is 22.8. The van der Waals surface area contributed by atoms with E-state index in [0.717, 1.165) is 15.6 Å². The molecule has 1 atom stereocenters. The van der Waals surface area contributed by atoms with E-state index in [1.807, 2.05) is 54.6 Å². The SMILES string of the molecule is O=S(=O)(Nc1cc(NC(O)c2ccc(-c3ccccc3)cc2)ccc1O)c1ccc(Br)cc1. The number of halogens is 1. The Morgan fingerprint density at radius 3 is 2.09 bits per heavy atom. The largest absolute Gasteiger partial charge is 0.506 e. The Balaban J connectivity index is 1.50. The predicted octanol–water partition coefficient (Wildman–Crippen LogP) is 5.73. The second-order valence-corrected chi connectivity index (χ2v) is 9.92. The number of aliphatic hydroxyl groups is 1. The van der Waals surface area contributed by atoms with Gasteiger partial charge in [0.25, 0.3) is 10.0 Å². The van der Waals surface area contributed by atoms with Gasteiger partial charge in [0.2, 0.25) is 0 Å². The predicted molar refractivity (Wildman–Crippen MR) is 134 cm³/mol. The fourth-order valence-electron chi connectivity index (χ4n) is 3.25. The van der Waals surface area contributed by atoms with Crippen LogP contribution in [0.4, 0.5) is 11.4 Å². The molecule has 33 heavy (non-hydrogen) atoms. The Hall–Kier alpha value is -3.33. The molecule has 4 aromatic carbocycles. The third kappa shape index (κ3) is 5.54. The Morgan fingerprint density at radius 2 is 1.42 bits per heavy atom. The lowest BCUT2D eigenvalue weighted by molar-refractivity contribution is 0.208. The molecule has 4 aromatic rings. The number of rotatable bonds is 7. The van der Waals surface area contributed by atoms with Crippen LogP contribution in [0.5, 0.6) is 5.75 Å². The molecule has 0 aliphatic rings. The minimum Gasteiger partial charge on any atom is -0.506 e. The number of phenolic OH excluding ortho intramolecular Hbond substituents is 1. The first-order chi connectivity index (χ1) is 15.8. The maximum atomic E-state index is 12.7. The molecule has 8 heteroatoms. The summed E-state index contributed by atoms with van der Waals surface area (Å²) in [5, 5.41) is 23.7. The lowest BCUT2D eigenvalue weighted by Crippen LogP contribution is -2.14. The number of aliphatic hydroxyl groups excluding tert-OH is 1. The number of nitrogens with one attached hydrogen (secondary N) is 2. The quantitative estimate of drug-likeness (QED) is 0.140. The molecule has 0 aliphatic heterocycles. The summed E-state index contributed by atoms with van der Waals surface area (Å²) >= 11 is 3.27. The monoisotopic (exact) mass is 524 g/mol. The van der Waals surface area contributed by atoms with Gasteiger partial charge < -0.3 is 15.5 Å².